The van der Waals surface area contributed by atoms with Crippen LogP contribution in [0.5, 0.6) is 11.5 Å². The molecule has 4 nitrogen and oxygen atoms in total. The fourth-order valence-corrected chi connectivity index (χ4v) is 3.14. The summed E-state index contributed by atoms with van der Waals surface area (Å²) in [5, 5.41) is 13.7. The van der Waals surface area contributed by atoms with Gasteiger partial charge in [-0.2, -0.15) is 0 Å². The van der Waals surface area contributed by atoms with Crippen LogP contribution >= 0.6 is 0 Å². The number of ether oxygens (including phenoxy) is 1. The lowest BCUT2D eigenvalue weighted by molar-refractivity contribution is 0.229. The Labute approximate surface area is 127 Å². The normalized spacial score (nSPS) is 21.9. The van der Waals surface area contributed by atoms with E-state index in [1.54, 1.807) is 13.2 Å². The van der Waals surface area contributed by atoms with Crippen LogP contribution in [0.15, 0.2) is 18.2 Å². The van der Waals surface area contributed by atoms with Crippen molar-refractivity contribution in [3.8, 4) is 11.5 Å². The number of hydrogen-bond acceptors (Lipinski definition) is 4. The zero-order chi connectivity index (χ0) is 14.7. The first-order valence-corrected chi connectivity index (χ1v) is 8.06. The van der Waals surface area contributed by atoms with Crippen LogP contribution in [-0.4, -0.2) is 42.8 Å². The summed E-state index contributed by atoms with van der Waals surface area (Å²) in [6.07, 6.45) is 5.29. The van der Waals surface area contributed by atoms with Crippen LogP contribution in [0, 0.1) is 5.92 Å². The van der Waals surface area contributed by atoms with Gasteiger partial charge in [0.1, 0.15) is 11.5 Å². The molecule has 1 aliphatic carbocycles. The van der Waals surface area contributed by atoms with E-state index in [9.17, 15) is 5.11 Å². The fraction of sp³-hybridized carbons (Fsp3) is 0.647. The second-order valence-corrected chi connectivity index (χ2v) is 6.43. The number of methoxy groups -OCH3 is 1. The van der Waals surface area contributed by atoms with Gasteiger partial charge in [0.2, 0.25) is 0 Å². The highest BCUT2D eigenvalue weighted by atomic mass is 16.5. The number of aromatic hydroxyl groups is 1. The van der Waals surface area contributed by atoms with Crippen molar-refractivity contribution in [3.05, 3.63) is 23.8 Å². The molecule has 1 aromatic carbocycles. The van der Waals surface area contributed by atoms with Gasteiger partial charge in [-0.05, 0) is 44.2 Å². The Bertz CT molecular complexity index is 468. The summed E-state index contributed by atoms with van der Waals surface area (Å²) in [5.74, 6) is 1.92. The first-order valence-electron chi connectivity index (χ1n) is 8.06. The second-order valence-electron chi connectivity index (χ2n) is 6.43. The van der Waals surface area contributed by atoms with Gasteiger partial charge in [0, 0.05) is 37.3 Å². The molecular formula is C17H26N2O2. The standard InChI is InChI=1S/C17H26N2O2/c1-21-16-7-6-14(17(20)9-16)11-19(10-13-4-5-13)12-15-3-2-8-18-15/h6-7,9,13,15,18,20H,2-5,8,10-12H2,1H3. The SMILES string of the molecule is COc1ccc(CN(CC2CC2)CC2CCCN2)c(O)c1. The highest BCUT2D eigenvalue weighted by molar-refractivity contribution is 5.39. The molecule has 2 N–H and O–H groups in total. The van der Waals surface area contributed by atoms with E-state index in [4.69, 9.17) is 4.74 Å². The van der Waals surface area contributed by atoms with Crippen LogP contribution in [0.2, 0.25) is 0 Å². The Hall–Kier alpha value is -1.26. The van der Waals surface area contributed by atoms with E-state index in [0.29, 0.717) is 17.5 Å². The fourth-order valence-electron chi connectivity index (χ4n) is 3.14. The zero-order valence-corrected chi connectivity index (χ0v) is 12.8. The lowest BCUT2D eigenvalue weighted by atomic mass is 10.1. The van der Waals surface area contributed by atoms with Crippen LogP contribution in [0.1, 0.15) is 31.2 Å². The Morgan fingerprint density at radius 3 is 2.76 bits per heavy atom. The molecule has 116 valence electrons. The van der Waals surface area contributed by atoms with Crippen molar-refractivity contribution in [1.29, 1.82) is 0 Å². The van der Waals surface area contributed by atoms with Crippen LogP contribution in [0.3, 0.4) is 0 Å². The van der Waals surface area contributed by atoms with E-state index in [1.165, 1.54) is 25.7 Å². The van der Waals surface area contributed by atoms with Gasteiger partial charge in [0.25, 0.3) is 0 Å². The molecule has 0 aromatic heterocycles. The van der Waals surface area contributed by atoms with E-state index >= 15 is 0 Å². The summed E-state index contributed by atoms with van der Waals surface area (Å²) in [7, 11) is 1.62. The summed E-state index contributed by atoms with van der Waals surface area (Å²) in [6.45, 7) is 4.21. The number of phenolic OH excluding ortho intramolecular Hbond substituents is 1. The van der Waals surface area contributed by atoms with Gasteiger partial charge in [0.15, 0.2) is 0 Å². The smallest absolute Gasteiger partial charge is 0.123 e. The molecular weight excluding hydrogens is 264 g/mol. The molecule has 1 heterocycles. The average Bonchev–Trinajstić information content (AvgIpc) is 3.14. The number of phenols is 1. The maximum Gasteiger partial charge on any atom is 0.123 e. The third-order valence-electron chi connectivity index (χ3n) is 4.54. The minimum atomic E-state index is 0.342. The van der Waals surface area contributed by atoms with Gasteiger partial charge in [-0.15, -0.1) is 0 Å². The van der Waals surface area contributed by atoms with Crippen molar-refractivity contribution >= 4 is 0 Å². The minimum Gasteiger partial charge on any atom is -0.507 e. The van der Waals surface area contributed by atoms with E-state index in [-0.39, 0.29) is 0 Å². The monoisotopic (exact) mass is 290 g/mol. The van der Waals surface area contributed by atoms with Crippen LogP contribution in [0.25, 0.3) is 0 Å². The van der Waals surface area contributed by atoms with Gasteiger partial charge in [-0.3, -0.25) is 4.90 Å². The van der Waals surface area contributed by atoms with Gasteiger partial charge in [0.05, 0.1) is 7.11 Å². The number of nitrogens with one attached hydrogen (secondary N) is 1. The average molecular weight is 290 g/mol. The highest BCUT2D eigenvalue weighted by Gasteiger charge is 2.26. The summed E-state index contributed by atoms with van der Waals surface area (Å²) in [5.41, 5.74) is 0.995. The molecule has 3 rings (SSSR count). The summed E-state index contributed by atoms with van der Waals surface area (Å²) in [6, 6.07) is 6.23. The third-order valence-corrected chi connectivity index (χ3v) is 4.54. The Morgan fingerprint density at radius 2 is 2.14 bits per heavy atom. The largest absolute Gasteiger partial charge is 0.507 e. The molecule has 21 heavy (non-hydrogen) atoms. The topological polar surface area (TPSA) is 44.7 Å². The van der Waals surface area contributed by atoms with Crippen LogP contribution in [0.4, 0.5) is 0 Å². The maximum atomic E-state index is 10.2. The number of benzene rings is 1. The van der Waals surface area contributed by atoms with Crippen molar-refractivity contribution < 1.29 is 9.84 Å². The summed E-state index contributed by atoms with van der Waals surface area (Å²) < 4.78 is 5.15. The minimum absolute atomic E-state index is 0.342. The molecule has 4 heteroatoms. The molecule has 2 fully saturated rings. The summed E-state index contributed by atoms with van der Waals surface area (Å²) >= 11 is 0. The van der Waals surface area contributed by atoms with Crippen molar-refractivity contribution in [2.45, 2.75) is 38.3 Å². The molecule has 0 radical (unpaired) electrons. The second kappa shape index (κ2) is 6.67. The molecule has 0 amide bonds. The van der Waals surface area contributed by atoms with Crippen molar-refractivity contribution in [3.63, 3.8) is 0 Å². The van der Waals surface area contributed by atoms with Gasteiger partial charge >= 0.3 is 0 Å². The molecule has 0 bridgehead atoms. The van der Waals surface area contributed by atoms with Gasteiger partial charge in [-0.25, -0.2) is 0 Å². The third kappa shape index (κ3) is 4.11. The number of hydrogen-bond donors (Lipinski definition) is 2. The molecule has 1 saturated heterocycles. The predicted octanol–water partition coefficient (Wildman–Crippen LogP) is 2.36. The molecule has 1 atom stereocenters. The Balaban J connectivity index is 1.64. The number of nitrogens with zero attached hydrogens (tertiary/aromatic N) is 1. The van der Waals surface area contributed by atoms with Crippen molar-refractivity contribution in [1.82, 2.24) is 10.2 Å². The van der Waals surface area contributed by atoms with Gasteiger partial charge < -0.3 is 15.2 Å². The van der Waals surface area contributed by atoms with Crippen LogP contribution < -0.4 is 10.1 Å². The van der Waals surface area contributed by atoms with E-state index < -0.39 is 0 Å². The Morgan fingerprint density at radius 1 is 1.29 bits per heavy atom. The highest BCUT2D eigenvalue weighted by Crippen LogP contribution is 2.31. The first kappa shape index (κ1) is 14.7. The van der Waals surface area contributed by atoms with Crippen molar-refractivity contribution in [2.24, 2.45) is 5.92 Å². The maximum absolute atomic E-state index is 10.2. The molecule has 1 aromatic rings. The van der Waals surface area contributed by atoms with E-state index in [1.807, 2.05) is 12.1 Å². The molecule has 0 spiro atoms. The molecule has 2 aliphatic rings. The lowest BCUT2D eigenvalue weighted by Gasteiger charge is -2.26. The predicted molar refractivity (Wildman–Crippen MR) is 83.7 cm³/mol. The first-order chi connectivity index (χ1) is 10.2. The molecule has 1 saturated carbocycles. The van der Waals surface area contributed by atoms with E-state index in [0.717, 1.165) is 37.7 Å². The van der Waals surface area contributed by atoms with Crippen LogP contribution in [-0.2, 0) is 6.54 Å². The summed E-state index contributed by atoms with van der Waals surface area (Å²) in [4.78, 5) is 2.50. The lowest BCUT2D eigenvalue weighted by Crippen LogP contribution is -2.38. The Kier molecular flexibility index (Phi) is 4.66. The zero-order valence-electron chi connectivity index (χ0n) is 12.8. The molecule has 1 aliphatic heterocycles. The van der Waals surface area contributed by atoms with Crippen molar-refractivity contribution in [2.75, 3.05) is 26.7 Å². The number of rotatable bonds is 7. The molecule has 1 unspecified atom stereocenters. The van der Waals surface area contributed by atoms with Gasteiger partial charge in [-0.1, -0.05) is 6.07 Å². The quantitative estimate of drug-likeness (QED) is 0.809. The van der Waals surface area contributed by atoms with E-state index in [2.05, 4.69) is 10.2 Å².